The SMILES string of the molecule is COC(=O)C1CN(C(=O)COc2ccc(S(=O)(=O)NC(C)c3ccccc3)cc2)c2ccccc2O1. The van der Waals surface area contributed by atoms with E-state index in [0.29, 0.717) is 17.2 Å². The van der Waals surface area contributed by atoms with Gasteiger partial charge in [-0.05, 0) is 48.9 Å². The first-order chi connectivity index (χ1) is 17.3. The summed E-state index contributed by atoms with van der Waals surface area (Å²) in [6.07, 6.45) is -0.955. The van der Waals surface area contributed by atoms with Crippen LogP contribution < -0.4 is 19.1 Å². The Hall–Kier alpha value is -3.89. The van der Waals surface area contributed by atoms with Gasteiger partial charge in [-0.1, -0.05) is 42.5 Å². The van der Waals surface area contributed by atoms with Crippen molar-refractivity contribution in [3.8, 4) is 11.5 Å². The van der Waals surface area contributed by atoms with Gasteiger partial charge in [-0.3, -0.25) is 4.79 Å². The Bertz CT molecular complexity index is 1330. The van der Waals surface area contributed by atoms with Crippen LogP contribution in [0, 0.1) is 0 Å². The molecule has 0 spiro atoms. The summed E-state index contributed by atoms with van der Waals surface area (Å²) in [4.78, 5) is 26.5. The molecular formula is C26H26N2O7S. The number of esters is 1. The van der Waals surface area contributed by atoms with Crippen molar-refractivity contribution in [3.63, 3.8) is 0 Å². The number of carbonyl (C=O) groups excluding carboxylic acids is 2. The standard InChI is InChI=1S/C26H26N2O7S/c1-18(19-8-4-3-5-9-19)27-36(31,32)21-14-12-20(13-15-21)34-17-25(29)28-16-24(26(30)33-2)35-23-11-7-6-10-22(23)28/h3-15,18,24,27H,16-17H2,1-2H3. The molecule has 0 saturated carbocycles. The zero-order valence-corrected chi connectivity index (χ0v) is 20.6. The number of carbonyl (C=O) groups is 2. The quantitative estimate of drug-likeness (QED) is 0.464. The molecule has 0 fully saturated rings. The van der Waals surface area contributed by atoms with E-state index < -0.39 is 34.0 Å². The van der Waals surface area contributed by atoms with Crippen LogP contribution in [-0.4, -0.2) is 46.7 Å². The van der Waals surface area contributed by atoms with E-state index in [2.05, 4.69) is 4.72 Å². The number of anilines is 1. The Morgan fingerprint density at radius 3 is 2.39 bits per heavy atom. The number of hydrogen-bond donors (Lipinski definition) is 1. The Morgan fingerprint density at radius 1 is 1.03 bits per heavy atom. The van der Waals surface area contributed by atoms with E-state index in [-0.39, 0.29) is 18.0 Å². The maximum Gasteiger partial charge on any atom is 0.348 e. The van der Waals surface area contributed by atoms with Gasteiger partial charge in [-0.15, -0.1) is 0 Å². The fourth-order valence-corrected chi connectivity index (χ4v) is 5.01. The second-order valence-electron chi connectivity index (χ2n) is 8.12. The number of ether oxygens (including phenoxy) is 3. The van der Waals surface area contributed by atoms with Crippen molar-refractivity contribution in [2.24, 2.45) is 0 Å². The Kier molecular flexibility index (Phi) is 7.56. The van der Waals surface area contributed by atoms with Crippen LogP contribution in [0.15, 0.2) is 83.8 Å². The lowest BCUT2D eigenvalue weighted by molar-refractivity contribution is -0.148. The van der Waals surface area contributed by atoms with Crippen molar-refractivity contribution in [3.05, 3.63) is 84.4 Å². The van der Waals surface area contributed by atoms with Crippen LogP contribution >= 0.6 is 0 Å². The second kappa shape index (κ2) is 10.8. The first kappa shape index (κ1) is 25.2. The van der Waals surface area contributed by atoms with Gasteiger partial charge in [-0.25, -0.2) is 17.9 Å². The summed E-state index contributed by atoms with van der Waals surface area (Å²) < 4.78 is 44.2. The predicted octanol–water partition coefficient (Wildman–Crippen LogP) is 3.07. The van der Waals surface area contributed by atoms with Crippen LogP contribution in [0.3, 0.4) is 0 Å². The van der Waals surface area contributed by atoms with Crippen molar-refractivity contribution in [2.75, 3.05) is 25.2 Å². The normalized spacial score (nSPS) is 15.8. The van der Waals surface area contributed by atoms with Crippen LogP contribution in [0.4, 0.5) is 5.69 Å². The third-order valence-corrected chi connectivity index (χ3v) is 7.22. The van der Waals surface area contributed by atoms with Crippen molar-refractivity contribution >= 4 is 27.6 Å². The molecule has 1 heterocycles. The van der Waals surface area contributed by atoms with Crippen molar-refractivity contribution in [1.29, 1.82) is 0 Å². The maximum atomic E-state index is 13.0. The highest BCUT2D eigenvalue weighted by molar-refractivity contribution is 7.89. The van der Waals surface area contributed by atoms with Crippen LogP contribution in [0.1, 0.15) is 18.5 Å². The number of sulfonamides is 1. The van der Waals surface area contributed by atoms with E-state index in [1.54, 1.807) is 31.2 Å². The average molecular weight is 511 g/mol. The fraction of sp³-hybridized carbons (Fsp3) is 0.231. The predicted molar refractivity (Wildman–Crippen MR) is 132 cm³/mol. The fourth-order valence-electron chi connectivity index (χ4n) is 3.77. The minimum atomic E-state index is -3.76. The topological polar surface area (TPSA) is 111 Å². The minimum absolute atomic E-state index is 0.0195. The van der Waals surface area contributed by atoms with E-state index in [0.717, 1.165) is 5.56 Å². The Balaban J connectivity index is 1.40. The highest BCUT2D eigenvalue weighted by Gasteiger charge is 2.34. The molecule has 0 saturated heterocycles. The average Bonchev–Trinajstić information content (AvgIpc) is 2.91. The summed E-state index contributed by atoms with van der Waals surface area (Å²) in [6, 6.07) is 21.5. The highest BCUT2D eigenvalue weighted by Crippen LogP contribution is 2.33. The number of hydrogen-bond acceptors (Lipinski definition) is 7. The molecule has 1 aliphatic heterocycles. The largest absolute Gasteiger partial charge is 0.484 e. The van der Waals surface area contributed by atoms with Crippen molar-refractivity contribution in [2.45, 2.75) is 24.0 Å². The maximum absolute atomic E-state index is 13.0. The molecule has 9 nitrogen and oxygen atoms in total. The summed E-state index contributed by atoms with van der Waals surface area (Å²) in [5.41, 5.74) is 1.37. The van der Waals surface area contributed by atoms with Crippen LogP contribution in [0.25, 0.3) is 0 Å². The summed E-state index contributed by atoms with van der Waals surface area (Å²) >= 11 is 0. The van der Waals surface area contributed by atoms with Crippen molar-refractivity contribution in [1.82, 2.24) is 4.72 Å². The van der Waals surface area contributed by atoms with Gasteiger partial charge in [0.25, 0.3) is 5.91 Å². The van der Waals surface area contributed by atoms with Gasteiger partial charge in [0, 0.05) is 6.04 Å². The minimum Gasteiger partial charge on any atom is -0.484 e. The Morgan fingerprint density at radius 2 is 1.69 bits per heavy atom. The van der Waals surface area contributed by atoms with Gasteiger partial charge >= 0.3 is 5.97 Å². The number of nitrogens with one attached hydrogen (secondary N) is 1. The smallest absolute Gasteiger partial charge is 0.348 e. The summed E-state index contributed by atoms with van der Waals surface area (Å²) in [5, 5.41) is 0. The number of methoxy groups -OCH3 is 1. The van der Waals surface area contributed by atoms with E-state index in [1.807, 2.05) is 30.3 Å². The van der Waals surface area contributed by atoms with Gasteiger partial charge in [0.05, 0.1) is 24.2 Å². The number of para-hydroxylation sites is 2. The lowest BCUT2D eigenvalue weighted by atomic mass is 10.1. The summed E-state index contributed by atoms with van der Waals surface area (Å²) in [7, 11) is -2.51. The molecule has 36 heavy (non-hydrogen) atoms. The molecule has 3 aromatic carbocycles. The Labute approximate surface area is 209 Å². The third-order valence-electron chi connectivity index (χ3n) is 5.67. The van der Waals surface area contributed by atoms with Gasteiger partial charge in [0.1, 0.15) is 11.5 Å². The molecule has 2 atom stereocenters. The van der Waals surface area contributed by atoms with Crippen LogP contribution in [-0.2, 0) is 24.3 Å². The number of rotatable bonds is 8. The molecule has 0 aliphatic carbocycles. The highest BCUT2D eigenvalue weighted by atomic mass is 32.2. The molecule has 2 unspecified atom stereocenters. The van der Waals surface area contributed by atoms with E-state index in [4.69, 9.17) is 14.2 Å². The molecule has 4 rings (SSSR count). The van der Waals surface area contributed by atoms with Crippen LogP contribution in [0.2, 0.25) is 0 Å². The van der Waals surface area contributed by atoms with E-state index >= 15 is 0 Å². The first-order valence-electron chi connectivity index (χ1n) is 11.2. The van der Waals surface area contributed by atoms with Gasteiger partial charge in [0.15, 0.2) is 6.61 Å². The monoisotopic (exact) mass is 510 g/mol. The lowest BCUT2D eigenvalue weighted by Gasteiger charge is -2.33. The number of fused-ring (bicyclic) bond motifs is 1. The molecule has 1 N–H and O–H groups in total. The number of benzene rings is 3. The molecule has 1 amide bonds. The zero-order chi connectivity index (χ0) is 25.7. The molecule has 3 aromatic rings. The van der Waals surface area contributed by atoms with Gasteiger partial charge in [-0.2, -0.15) is 0 Å². The summed E-state index contributed by atoms with van der Waals surface area (Å²) in [6.45, 7) is 1.43. The second-order valence-corrected chi connectivity index (χ2v) is 9.83. The first-order valence-corrected chi connectivity index (χ1v) is 12.7. The van der Waals surface area contributed by atoms with Gasteiger partial charge in [0.2, 0.25) is 16.1 Å². The third kappa shape index (κ3) is 5.67. The van der Waals surface area contributed by atoms with Gasteiger partial charge < -0.3 is 19.1 Å². The van der Waals surface area contributed by atoms with Crippen LogP contribution in [0.5, 0.6) is 11.5 Å². The number of nitrogens with zero attached hydrogens (tertiary/aromatic N) is 1. The van der Waals surface area contributed by atoms with Crippen molar-refractivity contribution < 1.29 is 32.2 Å². The zero-order valence-electron chi connectivity index (χ0n) is 19.8. The molecule has 0 aromatic heterocycles. The molecule has 10 heteroatoms. The number of amides is 1. The lowest BCUT2D eigenvalue weighted by Crippen LogP contribution is -2.48. The molecule has 1 aliphatic rings. The summed E-state index contributed by atoms with van der Waals surface area (Å²) in [5.74, 6) is -0.270. The molecule has 0 bridgehead atoms. The molecule has 188 valence electrons. The van der Waals surface area contributed by atoms with E-state index in [1.165, 1.54) is 36.3 Å². The molecule has 0 radical (unpaired) electrons. The van der Waals surface area contributed by atoms with E-state index in [9.17, 15) is 18.0 Å². The molecular weight excluding hydrogens is 484 g/mol.